The van der Waals surface area contributed by atoms with Gasteiger partial charge in [0.05, 0.1) is 6.61 Å². The summed E-state index contributed by atoms with van der Waals surface area (Å²) in [6.07, 6.45) is 3.84. The monoisotopic (exact) mass is 278 g/mol. The minimum atomic E-state index is -1.34. The Kier molecular flexibility index (Phi) is 6.37. The summed E-state index contributed by atoms with van der Waals surface area (Å²) in [6.45, 7) is -0.269. The first-order valence-electron chi connectivity index (χ1n) is 6.02. The zero-order valence-corrected chi connectivity index (χ0v) is 11.4. The fourth-order valence-electron chi connectivity index (χ4n) is 1.75. The first-order valence-corrected chi connectivity index (χ1v) is 7.41. The van der Waals surface area contributed by atoms with E-state index in [1.807, 2.05) is 6.26 Å². The Balaban J connectivity index is 2.29. The van der Waals surface area contributed by atoms with Crippen LogP contribution in [0.4, 0.5) is 0 Å². The lowest BCUT2D eigenvalue weighted by Crippen LogP contribution is -2.55. The molecule has 1 unspecified atom stereocenters. The molecule has 0 saturated heterocycles. The van der Waals surface area contributed by atoms with Gasteiger partial charge in [-0.3, -0.25) is 0 Å². The Labute approximate surface area is 111 Å². The van der Waals surface area contributed by atoms with E-state index in [9.17, 15) is 9.90 Å². The third-order valence-electron chi connectivity index (χ3n) is 3.25. The number of carbonyl (C=O) groups excluding carboxylic acids is 1. The molecule has 0 amide bonds. The van der Waals surface area contributed by atoms with E-state index in [-0.39, 0.29) is 18.6 Å². The number of aliphatic hydroxyl groups is 2. The maximum atomic E-state index is 11.8. The van der Waals surface area contributed by atoms with Gasteiger partial charge in [0.2, 0.25) is 0 Å². The van der Waals surface area contributed by atoms with E-state index in [0.29, 0.717) is 12.2 Å². The first-order chi connectivity index (χ1) is 8.55. The molecule has 1 fully saturated rings. The van der Waals surface area contributed by atoms with Crippen molar-refractivity contribution < 1.29 is 19.8 Å². The molecule has 106 valence electrons. The third-order valence-corrected chi connectivity index (χ3v) is 3.87. The van der Waals surface area contributed by atoms with Crippen molar-refractivity contribution in [1.29, 1.82) is 0 Å². The van der Waals surface area contributed by atoms with Crippen molar-refractivity contribution in [1.82, 2.24) is 5.48 Å². The lowest BCUT2D eigenvalue weighted by Gasteiger charge is -2.34. The standard InChI is InChI=1S/C11H22N2O4S/c1-18-3-2-11(12,7-15)10(16)17-13-9-4-8(5-9)6-14/h8-9,13-15H,2-7,12H2,1H3. The fraction of sp³-hybridized carbons (Fsp3) is 0.909. The summed E-state index contributed by atoms with van der Waals surface area (Å²) in [5.74, 6) is 0.340. The maximum absolute atomic E-state index is 11.8. The molecule has 5 N–H and O–H groups in total. The summed E-state index contributed by atoms with van der Waals surface area (Å²) >= 11 is 1.56. The van der Waals surface area contributed by atoms with Crippen molar-refractivity contribution in [2.45, 2.75) is 30.8 Å². The van der Waals surface area contributed by atoms with Crippen LogP contribution in [-0.4, -0.2) is 53.0 Å². The van der Waals surface area contributed by atoms with Gasteiger partial charge in [0.25, 0.3) is 0 Å². The van der Waals surface area contributed by atoms with Gasteiger partial charge in [-0.15, -0.1) is 5.48 Å². The zero-order chi connectivity index (χ0) is 13.6. The van der Waals surface area contributed by atoms with Crippen LogP contribution in [0, 0.1) is 5.92 Å². The highest BCUT2D eigenvalue weighted by molar-refractivity contribution is 7.98. The highest BCUT2D eigenvalue weighted by Gasteiger charge is 2.36. The van der Waals surface area contributed by atoms with E-state index in [1.165, 1.54) is 0 Å². The molecule has 1 aliphatic rings. The van der Waals surface area contributed by atoms with Gasteiger partial charge in [0.1, 0.15) is 5.54 Å². The van der Waals surface area contributed by atoms with E-state index in [4.69, 9.17) is 15.7 Å². The molecule has 1 rings (SSSR count). The minimum absolute atomic E-state index is 0.0783. The van der Waals surface area contributed by atoms with Gasteiger partial charge in [0, 0.05) is 12.6 Å². The van der Waals surface area contributed by atoms with E-state index >= 15 is 0 Å². The number of rotatable bonds is 8. The molecule has 1 saturated carbocycles. The van der Waals surface area contributed by atoms with Crippen LogP contribution in [0.25, 0.3) is 0 Å². The Bertz CT molecular complexity index is 274. The van der Waals surface area contributed by atoms with Crippen molar-refractivity contribution in [3.8, 4) is 0 Å². The van der Waals surface area contributed by atoms with E-state index in [2.05, 4.69) is 5.48 Å². The van der Waals surface area contributed by atoms with Crippen molar-refractivity contribution in [2.75, 3.05) is 25.2 Å². The topological polar surface area (TPSA) is 105 Å². The summed E-state index contributed by atoms with van der Waals surface area (Å²) in [5.41, 5.74) is 7.11. The molecule has 7 heteroatoms. The molecule has 0 radical (unpaired) electrons. The predicted octanol–water partition coefficient (Wildman–Crippen LogP) is -0.752. The first kappa shape index (κ1) is 15.7. The second kappa shape index (κ2) is 7.30. The summed E-state index contributed by atoms with van der Waals surface area (Å²) in [7, 11) is 0. The highest BCUT2D eigenvalue weighted by atomic mass is 32.2. The van der Waals surface area contributed by atoms with Crippen LogP contribution in [0.2, 0.25) is 0 Å². The van der Waals surface area contributed by atoms with Crippen LogP contribution in [0.3, 0.4) is 0 Å². The second-order valence-corrected chi connectivity index (χ2v) is 5.77. The van der Waals surface area contributed by atoms with Crippen LogP contribution in [0.5, 0.6) is 0 Å². The largest absolute Gasteiger partial charge is 0.396 e. The third kappa shape index (κ3) is 4.10. The molecule has 0 spiro atoms. The van der Waals surface area contributed by atoms with Crippen LogP contribution < -0.4 is 11.2 Å². The Morgan fingerprint density at radius 2 is 2.22 bits per heavy atom. The SMILES string of the molecule is CSCCC(N)(CO)C(=O)ONC1CC(CO)C1. The molecular formula is C11H22N2O4S. The molecule has 0 heterocycles. The predicted molar refractivity (Wildman–Crippen MR) is 69.8 cm³/mol. The lowest BCUT2D eigenvalue weighted by molar-refractivity contribution is -0.164. The number of hydrogen-bond donors (Lipinski definition) is 4. The average molecular weight is 278 g/mol. The zero-order valence-electron chi connectivity index (χ0n) is 10.6. The van der Waals surface area contributed by atoms with Gasteiger partial charge in [0.15, 0.2) is 0 Å². The molecule has 6 nitrogen and oxygen atoms in total. The van der Waals surface area contributed by atoms with E-state index in [0.717, 1.165) is 12.8 Å². The molecular weight excluding hydrogens is 256 g/mol. The van der Waals surface area contributed by atoms with Gasteiger partial charge in [-0.1, -0.05) is 0 Å². The van der Waals surface area contributed by atoms with Crippen molar-refractivity contribution in [2.24, 2.45) is 11.7 Å². The van der Waals surface area contributed by atoms with Gasteiger partial charge in [-0.2, -0.15) is 11.8 Å². The number of hydroxylamine groups is 1. The molecule has 1 atom stereocenters. The van der Waals surface area contributed by atoms with Gasteiger partial charge in [-0.25, -0.2) is 4.79 Å². The Hall–Kier alpha value is -0.340. The number of carbonyl (C=O) groups is 1. The van der Waals surface area contributed by atoms with Crippen LogP contribution >= 0.6 is 11.8 Å². The average Bonchev–Trinajstić information content (AvgIpc) is 2.34. The summed E-state index contributed by atoms with van der Waals surface area (Å²) < 4.78 is 0. The maximum Gasteiger partial charge on any atom is 0.347 e. The molecule has 0 aliphatic heterocycles. The van der Waals surface area contributed by atoms with Crippen molar-refractivity contribution >= 4 is 17.7 Å². The molecule has 0 aromatic rings. The normalized spacial score (nSPS) is 26.2. The highest BCUT2D eigenvalue weighted by Crippen LogP contribution is 2.26. The molecule has 18 heavy (non-hydrogen) atoms. The minimum Gasteiger partial charge on any atom is -0.396 e. The fourth-order valence-corrected chi connectivity index (χ4v) is 2.32. The van der Waals surface area contributed by atoms with Crippen LogP contribution in [0.1, 0.15) is 19.3 Å². The number of nitrogens with one attached hydrogen (secondary N) is 1. The molecule has 0 bridgehead atoms. The van der Waals surface area contributed by atoms with E-state index in [1.54, 1.807) is 11.8 Å². The van der Waals surface area contributed by atoms with Crippen molar-refractivity contribution in [3.05, 3.63) is 0 Å². The number of aliphatic hydroxyl groups excluding tert-OH is 2. The summed E-state index contributed by atoms with van der Waals surface area (Å²) in [4.78, 5) is 16.7. The molecule has 0 aromatic heterocycles. The van der Waals surface area contributed by atoms with Crippen LogP contribution in [-0.2, 0) is 9.63 Å². The second-order valence-electron chi connectivity index (χ2n) is 4.78. The number of hydrogen-bond acceptors (Lipinski definition) is 7. The molecule has 1 aliphatic carbocycles. The Morgan fingerprint density at radius 1 is 1.56 bits per heavy atom. The quantitative estimate of drug-likeness (QED) is 0.433. The van der Waals surface area contributed by atoms with E-state index < -0.39 is 18.1 Å². The Morgan fingerprint density at radius 3 is 2.72 bits per heavy atom. The summed E-state index contributed by atoms with van der Waals surface area (Å²) in [5, 5.41) is 18.1. The number of thioether (sulfide) groups is 1. The summed E-state index contributed by atoms with van der Waals surface area (Å²) in [6, 6.07) is 0.0783. The van der Waals surface area contributed by atoms with Gasteiger partial charge < -0.3 is 20.8 Å². The lowest BCUT2D eigenvalue weighted by atomic mass is 9.81. The van der Waals surface area contributed by atoms with Crippen molar-refractivity contribution in [3.63, 3.8) is 0 Å². The van der Waals surface area contributed by atoms with Gasteiger partial charge >= 0.3 is 5.97 Å². The van der Waals surface area contributed by atoms with Gasteiger partial charge in [-0.05, 0) is 37.2 Å². The smallest absolute Gasteiger partial charge is 0.347 e. The van der Waals surface area contributed by atoms with Crippen LogP contribution in [0.15, 0.2) is 0 Å². The number of nitrogens with two attached hydrogens (primary N) is 1. The molecule has 0 aromatic carbocycles.